The van der Waals surface area contributed by atoms with E-state index in [4.69, 9.17) is 14.2 Å². The Morgan fingerprint density at radius 2 is 1.91 bits per heavy atom. The van der Waals surface area contributed by atoms with Gasteiger partial charge in [0.05, 0.1) is 29.8 Å². The molecule has 186 valence electrons. The molecule has 0 spiro atoms. The van der Waals surface area contributed by atoms with Crippen molar-refractivity contribution in [3.8, 4) is 17.2 Å². The summed E-state index contributed by atoms with van der Waals surface area (Å²) in [5.41, 5.74) is 1.60. The predicted octanol–water partition coefficient (Wildman–Crippen LogP) is 2.49. The second-order valence-electron chi connectivity index (χ2n) is 8.81. The van der Waals surface area contributed by atoms with E-state index in [2.05, 4.69) is 14.6 Å². The Hall–Kier alpha value is -2.92. The SMILES string of the molecule is COc1cnc2cccc(C(O)CN3CCC(NS(=O)(=O)c4ccc5c(c4)OCCO5)CC3)c2c1. The smallest absolute Gasteiger partial charge is 0.240 e. The van der Waals surface area contributed by atoms with Crippen LogP contribution in [0.1, 0.15) is 24.5 Å². The number of pyridine rings is 1. The lowest BCUT2D eigenvalue weighted by atomic mass is 10.0. The third-order valence-corrected chi connectivity index (χ3v) is 8.01. The maximum Gasteiger partial charge on any atom is 0.240 e. The van der Waals surface area contributed by atoms with Gasteiger partial charge >= 0.3 is 0 Å². The van der Waals surface area contributed by atoms with Crippen LogP contribution >= 0.6 is 0 Å². The molecule has 1 unspecified atom stereocenters. The number of piperidine rings is 1. The van der Waals surface area contributed by atoms with E-state index >= 15 is 0 Å². The lowest BCUT2D eigenvalue weighted by Crippen LogP contribution is -2.45. The zero-order chi connectivity index (χ0) is 24.4. The second-order valence-corrected chi connectivity index (χ2v) is 10.5. The molecule has 1 fully saturated rings. The molecule has 2 aliphatic heterocycles. The second kappa shape index (κ2) is 9.98. The van der Waals surface area contributed by atoms with Crippen LogP contribution in [0, 0.1) is 0 Å². The van der Waals surface area contributed by atoms with E-state index in [-0.39, 0.29) is 10.9 Å². The van der Waals surface area contributed by atoms with Gasteiger partial charge in [-0.3, -0.25) is 4.98 Å². The molecular weight excluding hydrogens is 470 g/mol. The summed E-state index contributed by atoms with van der Waals surface area (Å²) in [5, 5.41) is 11.9. The first-order valence-electron chi connectivity index (χ1n) is 11.7. The van der Waals surface area contributed by atoms with Crippen LogP contribution in [0.15, 0.2) is 53.6 Å². The maximum atomic E-state index is 12.9. The Bertz CT molecular complexity index is 1310. The number of aromatic nitrogens is 1. The standard InChI is InChI=1S/C25H29N3O6S/c1-32-18-13-21-20(3-2-4-22(21)26-15-18)23(29)16-28-9-7-17(8-10-28)27-35(30,31)19-5-6-24-25(14-19)34-12-11-33-24/h2-6,13-15,17,23,27,29H,7-12,16H2,1H3. The summed E-state index contributed by atoms with van der Waals surface area (Å²) in [6.07, 6.45) is 2.27. The van der Waals surface area contributed by atoms with Crippen molar-refractivity contribution in [3.05, 3.63) is 54.2 Å². The van der Waals surface area contributed by atoms with Gasteiger partial charge in [0, 0.05) is 24.0 Å². The number of sulfonamides is 1. The van der Waals surface area contributed by atoms with E-state index in [0.29, 0.717) is 62.9 Å². The van der Waals surface area contributed by atoms with Crippen LogP contribution in [0.5, 0.6) is 17.2 Å². The largest absolute Gasteiger partial charge is 0.495 e. The van der Waals surface area contributed by atoms with E-state index in [1.54, 1.807) is 19.4 Å². The van der Waals surface area contributed by atoms with Crippen LogP contribution in [0.3, 0.4) is 0 Å². The summed E-state index contributed by atoms with van der Waals surface area (Å²) >= 11 is 0. The van der Waals surface area contributed by atoms with Crippen molar-refractivity contribution in [2.45, 2.75) is 29.9 Å². The fourth-order valence-electron chi connectivity index (χ4n) is 4.61. The van der Waals surface area contributed by atoms with Gasteiger partial charge < -0.3 is 24.2 Å². The van der Waals surface area contributed by atoms with Crippen molar-refractivity contribution >= 4 is 20.9 Å². The molecule has 0 aliphatic carbocycles. The number of ether oxygens (including phenoxy) is 3. The number of β-amino-alcohol motifs (C(OH)–C–C–N with tert-alkyl or cyclic N) is 1. The zero-order valence-corrected chi connectivity index (χ0v) is 20.3. The van der Waals surface area contributed by atoms with Gasteiger partial charge in [0.2, 0.25) is 10.0 Å². The monoisotopic (exact) mass is 499 g/mol. The molecule has 1 aromatic heterocycles. The van der Waals surface area contributed by atoms with E-state index < -0.39 is 16.1 Å². The molecule has 2 aliphatic rings. The Morgan fingerprint density at radius 1 is 1.14 bits per heavy atom. The first-order valence-corrected chi connectivity index (χ1v) is 13.2. The highest BCUT2D eigenvalue weighted by Crippen LogP contribution is 2.32. The quantitative estimate of drug-likeness (QED) is 0.510. The topological polar surface area (TPSA) is 110 Å². The Kier molecular flexibility index (Phi) is 6.79. The molecule has 3 heterocycles. The first-order chi connectivity index (χ1) is 16.9. The first kappa shape index (κ1) is 23.8. The molecule has 0 saturated carbocycles. The summed E-state index contributed by atoms with van der Waals surface area (Å²) in [4.78, 5) is 6.73. The number of likely N-dealkylation sites (tertiary alicyclic amines) is 1. The average molecular weight is 500 g/mol. The minimum absolute atomic E-state index is 0.166. The highest BCUT2D eigenvalue weighted by Gasteiger charge is 2.27. The van der Waals surface area contributed by atoms with Gasteiger partial charge in [-0.15, -0.1) is 0 Å². The molecule has 9 nitrogen and oxygen atoms in total. The van der Waals surface area contributed by atoms with E-state index in [1.165, 1.54) is 12.1 Å². The van der Waals surface area contributed by atoms with Gasteiger partial charge in [-0.05, 0) is 55.8 Å². The number of hydrogen-bond acceptors (Lipinski definition) is 8. The molecule has 1 saturated heterocycles. The lowest BCUT2D eigenvalue weighted by molar-refractivity contribution is 0.0972. The summed E-state index contributed by atoms with van der Waals surface area (Å²) in [5.74, 6) is 1.65. The minimum Gasteiger partial charge on any atom is -0.495 e. The van der Waals surface area contributed by atoms with Crippen molar-refractivity contribution in [3.63, 3.8) is 0 Å². The van der Waals surface area contributed by atoms with Crippen LogP contribution < -0.4 is 18.9 Å². The number of aliphatic hydroxyl groups is 1. The molecule has 5 rings (SSSR count). The zero-order valence-electron chi connectivity index (χ0n) is 19.5. The predicted molar refractivity (Wildman–Crippen MR) is 130 cm³/mol. The van der Waals surface area contributed by atoms with Crippen molar-refractivity contribution in [1.29, 1.82) is 0 Å². The molecule has 0 amide bonds. The molecule has 35 heavy (non-hydrogen) atoms. The van der Waals surface area contributed by atoms with Gasteiger partial charge in [0.1, 0.15) is 19.0 Å². The number of benzene rings is 2. The van der Waals surface area contributed by atoms with Crippen molar-refractivity contribution in [1.82, 2.24) is 14.6 Å². The Morgan fingerprint density at radius 3 is 2.69 bits per heavy atom. The van der Waals surface area contributed by atoms with Crippen LogP contribution in [0.25, 0.3) is 10.9 Å². The fraction of sp³-hybridized carbons (Fsp3) is 0.400. The van der Waals surface area contributed by atoms with Crippen LogP contribution in [0.4, 0.5) is 0 Å². The molecule has 1 atom stereocenters. The molecule has 2 N–H and O–H groups in total. The number of aliphatic hydroxyl groups excluding tert-OH is 1. The lowest BCUT2D eigenvalue weighted by Gasteiger charge is -2.33. The molecule has 2 aromatic carbocycles. The number of nitrogens with one attached hydrogen (secondary N) is 1. The van der Waals surface area contributed by atoms with Gasteiger partial charge in [-0.25, -0.2) is 13.1 Å². The summed E-state index contributed by atoms with van der Waals surface area (Å²) < 4.78 is 45.0. The van der Waals surface area contributed by atoms with E-state index in [0.717, 1.165) is 16.5 Å². The van der Waals surface area contributed by atoms with Crippen LogP contribution in [-0.2, 0) is 10.0 Å². The van der Waals surface area contributed by atoms with Gasteiger partial charge in [-0.2, -0.15) is 0 Å². The summed E-state index contributed by atoms with van der Waals surface area (Å²) in [7, 11) is -2.09. The highest BCUT2D eigenvalue weighted by atomic mass is 32.2. The summed E-state index contributed by atoms with van der Waals surface area (Å²) in [6, 6.07) is 12.1. The van der Waals surface area contributed by atoms with Crippen LogP contribution in [0.2, 0.25) is 0 Å². The number of hydrogen-bond donors (Lipinski definition) is 2. The maximum absolute atomic E-state index is 12.9. The van der Waals surface area contributed by atoms with Gasteiger partial charge in [-0.1, -0.05) is 12.1 Å². The number of fused-ring (bicyclic) bond motifs is 2. The Balaban J connectivity index is 1.20. The van der Waals surface area contributed by atoms with Gasteiger partial charge in [0.15, 0.2) is 11.5 Å². The molecule has 0 radical (unpaired) electrons. The molecular formula is C25H29N3O6S. The molecule has 0 bridgehead atoms. The van der Waals surface area contributed by atoms with E-state index in [1.807, 2.05) is 24.3 Å². The molecule has 3 aromatic rings. The average Bonchev–Trinajstić information content (AvgIpc) is 2.88. The third kappa shape index (κ3) is 5.20. The van der Waals surface area contributed by atoms with Crippen molar-refractivity contribution in [2.24, 2.45) is 0 Å². The normalized spacial score (nSPS) is 17.9. The van der Waals surface area contributed by atoms with E-state index in [9.17, 15) is 13.5 Å². The van der Waals surface area contributed by atoms with Crippen molar-refractivity contribution in [2.75, 3.05) is 40.0 Å². The highest BCUT2D eigenvalue weighted by molar-refractivity contribution is 7.89. The van der Waals surface area contributed by atoms with Gasteiger partial charge in [0.25, 0.3) is 0 Å². The number of methoxy groups -OCH3 is 1. The number of nitrogens with zero attached hydrogens (tertiary/aromatic N) is 2. The fourth-order valence-corrected chi connectivity index (χ4v) is 5.93. The molecule has 10 heteroatoms. The Labute approximate surface area is 204 Å². The minimum atomic E-state index is -3.68. The summed E-state index contributed by atoms with van der Waals surface area (Å²) in [6.45, 7) is 2.67. The van der Waals surface area contributed by atoms with Crippen LogP contribution in [-0.4, -0.2) is 69.4 Å². The number of rotatable bonds is 7. The third-order valence-electron chi connectivity index (χ3n) is 6.49. The van der Waals surface area contributed by atoms with Crippen molar-refractivity contribution < 1.29 is 27.7 Å².